The van der Waals surface area contributed by atoms with Gasteiger partial charge in [-0.25, -0.2) is 4.98 Å². The first-order valence-corrected chi connectivity index (χ1v) is 5.85. The van der Waals surface area contributed by atoms with Crippen LogP contribution in [0.3, 0.4) is 0 Å². The molecule has 15 heavy (non-hydrogen) atoms. The van der Waals surface area contributed by atoms with Crippen molar-refractivity contribution in [2.24, 2.45) is 0 Å². The number of nitrogens with one attached hydrogen (secondary N) is 2. The van der Waals surface area contributed by atoms with Crippen molar-refractivity contribution < 1.29 is 0 Å². The van der Waals surface area contributed by atoms with Gasteiger partial charge in [-0.05, 0) is 20.3 Å². The zero-order valence-electron chi connectivity index (χ0n) is 9.95. The molecule has 0 aliphatic rings. The Hall–Kier alpha value is -0.900. The molecule has 0 amide bonds. The number of aromatic nitrogens is 3. The van der Waals surface area contributed by atoms with Crippen molar-refractivity contribution in [3.05, 3.63) is 12.2 Å². The highest BCUT2D eigenvalue weighted by Crippen LogP contribution is 2.09. The zero-order chi connectivity index (χ0) is 11.1. The number of unbranched alkanes of at least 4 members (excludes halogenated alkanes) is 2. The highest BCUT2D eigenvalue weighted by Gasteiger charge is 2.10. The minimum atomic E-state index is 0.254. The van der Waals surface area contributed by atoms with Crippen LogP contribution in [0.4, 0.5) is 0 Å². The van der Waals surface area contributed by atoms with Gasteiger partial charge in [0.1, 0.15) is 12.2 Å². The monoisotopic (exact) mass is 210 g/mol. The van der Waals surface area contributed by atoms with Crippen LogP contribution in [0.1, 0.15) is 58.3 Å². The molecule has 4 nitrogen and oxygen atoms in total. The molecule has 1 rings (SSSR count). The standard InChI is InChI=1S/C11H22N4/c1-4-5-6-7-9(2)14-10(3)11-12-8-13-15-11/h8-10,14H,4-7H2,1-3H3,(H,12,13,15). The van der Waals surface area contributed by atoms with Gasteiger partial charge in [-0.15, -0.1) is 0 Å². The van der Waals surface area contributed by atoms with Gasteiger partial charge < -0.3 is 5.32 Å². The van der Waals surface area contributed by atoms with Gasteiger partial charge in [-0.2, -0.15) is 5.10 Å². The molecule has 0 bridgehead atoms. The summed E-state index contributed by atoms with van der Waals surface area (Å²) >= 11 is 0. The first-order valence-electron chi connectivity index (χ1n) is 5.85. The van der Waals surface area contributed by atoms with Gasteiger partial charge in [-0.1, -0.05) is 26.2 Å². The van der Waals surface area contributed by atoms with E-state index in [-0.39, 0.29) is 6.04 Å². The average molecular weight is 210 g/mol. The number of H-pyrrole nitrogens is 1. The maximum absolute atomic E-state index is 4.14. The van der Waals surface area contributed by atoms with E-state index in [9.17, 15) is 0 Å². The van der Waals surface area contributed by atoms with Crippen molar-refractivity contribution in [1.82, 2.24) is 20.5 Å². The third-order valence-corrected chi connectivity index (χ3v) is 2.62. The highest BCUT2D eigenvalue weighted by molar-refractivity contribution is 4.89. The summed E-state index contributed by atoms with van der Waals surface area (Å²) in [5, 5.41) is 10.2. The molecule has 1 aromatic heterocycles. The Kier molecular flexibility index (Phi) is 5.32. The van der Waals surface area contributed by atoms with Crippen LogP contribution in [0, 0.1) is 0 Å². The topological polar surface area (TPSA) is 53.6 Å². The lowest BCUT2D eigenvalue weighted by atomic mass is 10.1. The number of aromatic amines is 1. The van der Waals surface area contributed by atoms with Crippen LogP contribution in [0.15, 0.2) is 6.33 Å². The first-order chi connectivity index (χ1) is 7.24. The Morgan fingerprint density at radius 2 is 2.20 bits per heavy atom. The summed E-state index contributed by atoms with van der Waals surface area (Å²) in [5.41, 5.74) is 0. The first kappa shape index (κ1) is 12.2. The van der Waals surface area contributed by atoms with Gasteiger partial charge in [0.2, 0.25) is 0 Å². The van der Waals surface area contributed by atoms with E-state index in [0.29, 0.717) is 6.04 Å². The second kappa shape index (κ2) is 6.56. The van der Waals surface area contributed by atoms with Gasteiger partial charge in [-0.3, -0.25) is 5.10 Å². The molecule has 2 atom stereocenters. The number of nitrogens with zero attached hydrogens (tertiary/aromatic N) is 2. The Balaban J connectivity index is 2.22. The van der Waals surface area contributed by atoms with Crippen molar-refractivity contribution >= 4 is 0 Å². The molecular formula is C11H22N4. The average Bonchev–Trinajstić information content (AvgIpc) is 2.70. The summed E-state index contributed by atoms with van der Waals surface area (Å²) in [6.45, 7) is 6.56. The van der Waals surface area contributed by atoms with Crippen LogP contribution in [0.2, 0.25) is 0 Å². The third-order valence-electron chi connectivity index (χ3n) is 2.62. The maximum Gasteiger partial charge on any atom is 0.141 e. The van der Waals surface area contributed by atoms with Crippen molar-refractivity contribution in [3.8, 4) is 0 Å². The lowest BCUT2D eigenvalue weighted by Gasteiger charge is -2.17. The number of hydrogen-bond acceptors (Lipinski definition) is 3. The SMILES string of the molecule is CCCCCC(C)NC(C)c1ncn[nH]1. The molecule has 0 aliphatic carbocycles. The lowest BCUT2D eigenvalue weighted by molar-refractivity contribution is 0.430. The van der Waals surface area contributed by atoms with E-state index in [1.54, 1.807) is 6.33 Å². The number of rotatable bonds is 7. The lowest BCUT2D eigenvalue weighted by Crippen LogP contribution is -2.29. The van der Waals surface area contributed by atoms with E-state index >= 15 is 0 Å². The molecule has 0 radical (unpaired) electrons. The van der Waals surface area contributed by atoms with Crippen LogP contribution in [-0.2, 0) is 0 Å². The molecule has 0 saturated carbocycles. The van der Waals surface area contributed by atoms with Crippen LogP contribution >= 0.6 is 0 Å². The van der Waals surface area contributed by atoms with E-state index in [4.69, 9.17) is 0 Å². The van der Waals surface area contributed by atoms with E-state index in [2.05, 4.69) is 41.3 Å². The molecule has 0 aliphatic heterocycles. The molecule has 2 unspecified atom stereocenters. The summed E-state index contributed by atoms with van der Waals surface area (Å²) in [5.74, 6) is 0.914. The van der Waals surface area contributed by atoms with Crippen molar-refractivity contribution in [2.45, 2.75) is 58.5 Å². The second-order valence-corrected chi connectivity index (χ2v) is 4.16. The molecular weight excluding hydrogens is 188 g/mol. The number of hydrogen-bond donors (Lipinski definition) is 2. The van der Waals surface area contributed by atoms with Crippen molar-refractivity contribution in [2.75, 3.05) is 0 Å². The minimum absolute atomic E-state index is 0.254. The third kappa shape index (κ3) is 4.42. The Bertz CT molecular complexity index is 245. The molecule has 86 valence electrons. The molecule has 4 heteroatoms. The summed E-state index contributed by atoms with van der Waals surface area (Å²) < 4.78 is 0. The van der Waals surface area contributed by atoms with Gasteiger partial charge in [0.15, 0.2) is 0 Å². The quantitative estimate of drug-likeness (QED) is 0.680. The molecule has 0 fully saturated rings. The van der Waals surface area contributed by atoms with Gasteiger partial charge in [0, 0.05) is 6.04 Å². The van der Waals surface area contributed by atoms with Crippen LogP contribution in [0.25, 0.3) is 0 Å². The predicted octanol–water partition coefficient (Wildman–Crippen LogP) is 2.42. The molecule has 1 heterocycles. The van der Waals surface area contributed by atoms with Crippen LogP contribution in [0.5, 0.6) is 0 Å². The molecule has 0 spiro atoms. The molecule has 0 saturated heterocycles. The van der Waals surface area contributed by atoms with Gasteiger partial charge in [0.05, 0.1) is 6.04 Å². The molecule has 2 N–H and O–H groups in total. The smallest absolute Gasteiger partial charge is 0.141 e. The fourth-order valence-electron chi connectivity index (χ4n) is 1.71. The van der Waals surface area contributed by atoms with Crippen molar-refractivity contribution in [1.29, 1.82) is 0 Å². The van der Waals surface area contributed by atoms with Crippen LogP contribution < -0.4 is 5.32 Å². The zero-order valence-corrected chi connectivity index (χ0v) is 9.95. The van der Waals surface area contributed by atoms with Crippen molar-refractivity contribution in [3.63, 3.8) is 0 Å². The Labute approximate surface area is 91.9 Å². The highest BCUT2D eigenvalue weighted by atomic mass is 15.2. The largest absolute Gasteiger partial charge is 0.305 e. The summed E-state index contributed by atoms with van der Waals surface area (Å²) in [6, 6.07) is 0.792. The fraction of sp³-hybridized carbons (Fsp3) is 0.818. The van der Waals surface area contributed by atoms with E-state index in [1.165, 1.54) is 25.7 Å². The van der Waals surface area contributed by atoms with E-state index in [0.717, 1.165) is 5.82 Å². The van der Waals surface area contributed by atoms with Gasteiger partial charge >= 0.3 is 0 Å². The minimum Gasteiger partial charge on any atom is -0.305 e. The summed E-state index contributed by atoms with van der Waals surface area (Å²) in [6.07, 6.45) is 6.68. The Morgan fingerprint density at radius 3 is 2.80 bits per heavy atom. The predicted molar refractivity (Wildman–Crippen MR) is 61.5 cm³/mol. The van der Waals surface area contributed by atoms with Gasteiger partial charge in [0.25, 0.3) is 0 Å². The van der Waals surface area contributed by atoms with E-state index in [1.807, 2.05) is 0 Å². The normalized spacial score (nSPS) is 15.1. The van der Waals surface area contributed by atoms with E-state index < -0.39 is 0 Å². The summed E-state index contributed by atoms with van der Waals surface area (Å²) in [4.78, 5) is 4.14. The fourth-order valence-corrected chi connectivity index (χ4v) is 1.71. The molecule has 0 aromatic carbocycles. The second-order valence-electron chi connectivity index (χ2n) is 4.16. The molecule has 1 aromatic rings. The maximum atomic E-state index is 4.14. The summed E-state index contributed by atoms with van der Waals surface area (Å²) in [7, 11) is 0. The van der Waals surface area contributed by atoms with Crippen LogP contribution in [-0.4, -0.2) is 21.2 Å². The Morgan fingerprint density at radius 1 is 1.40 bits per heavy atom.